The van der Waals surface area contributed by atoms with E-state index >= 15 is 0 Å². The molecule has 2 atom stereocenters. The number of amides is 4. The second kappa shape index (κ2) is 2.81. The highest BCUT2D eigenvalue weighted by Crippen LogP contribution is 2.38. The van der Waals surface area contributed by atoms with Gasteiger partial charge in [-0.1, -0.05) is 6.92 Å². The van der Waals surface area contributed by atoms with Crippen molar-refractivity contribution in [2.75, 3.05) is 0 Å². The zero-order chi connectivity index (χ0) is 11.4. The minimum Gasteiger partial charge on any atom is -0.277 e. The van der Waals surface area contributed by atoms with Crippen LogP contribution in [0.5, 0.6) is 0 Å². The van der Waals surface area contributed by atoms with Gasteiger partial charge in [0.05, 0.1) is 0 Å². The predicted octanol–water partition coefficient (Wildman–Crippen LogP) is 0.499. The van der Waals surface area contributed by atoms with Crippen molar-refractivity contribution in [2.24, 2.45) is 11.3 Å². The van der Waals surface area contributed by atoms with Gasteiger partial charge in [0, 0.05) is 6.04 Å². The molecule has 0 aromatic heterocycles. The summed E-state index contributed by atoms with van der Waals surface area (Å²) in [6.07, 6.45) is 0.837. The highest BCUT2D eigenvalue weighted by atomic mass is 16.2. The van der Waals surface area contributed by atoms with Crippen LogP contribution < -0.4 is 5.32 Å². The van der Waals surface area contributed by atoms with Gasteiger partial charge >= 0.3 is 6.03 Å². The van der Waals surface area contributed by atoms with Crippen LogP contribution in [-0.2, 0) is 9.59 Å². The van der Waals surface area contributed by atoms with E-state index < -0.39 is 17.4 Å². The SMILES string of the molecule is CC1CC1N1C(=O)NC(=O)C(C)(C)C1=O. The molecule has 0 aromatic carbocycles. The van der Waals surface area contributed by atoms with Gasteiger partial charge in [-0.05, 0) is 26.2 Å². The van der Waals surface area contributed by atoms with Crippen molar-refractivity contribution in [3.05, 3.63) is 0 Å². The number of hydrogen-bond acceptors (Lipinski definition) is 3. The molecule has 1 heterocycles. The lowest BCUT2D eigenvalue weighted by Crippen LogP contribution is -2.62. The van der Waals surface area contributed by atoms with E-state index in [2.05, 4.69) is 5.32 Å². The van der Waals surface area contributed by atoms with Gasteiger partial charge in [0.1, 0.15) is 5.41 Å². The van der Waals surface area contributed by atoms with E-state index in [4.69, 9.17) is 0 Å². The third-order valence-corrected chi connectivity index (χ3v) is 3.16. The molecule has 5 nitrogen and oxygen atoms in total. The van der Waals surface area contributed by atoms with Crippen molar-refractivity contribution in [3.63, 3.8) is 0 Å². The second-order valence-corrected chi connectivity index (χ2v) is 4.84. The molecule has 1 saturated carbocycles. The lowest BCUT2D eigenvalue weighted by Gasteiger charge is -2.34. The largest absolute Gasteiger partial charge is 0.331 e. The van der Waals surface area contributed by atoms with Crippen LogP contribution in [0.1, 0.15) is 27.2 Å². The van der Waals surface area contributed by atoms with Gasteiger partial charge < -0.3 is 0 Å². The smallest absolute Gasteiger partial charge is 0.277 e. The molecule has 82 valence electrons. The predicted molar refractivity (Wildman–Crippen MR) is 51.7 cm³/mol. The van der Waals surface area contributed by atoms with Crippen molar-refractivity contribution in [1.82, 2.24) is 10.2 Å². The van der Waals surface area contributed by atoms with Crippen molar-refractivity contribution in [2.45, 2.75) is 33.2 Å². The normalized spacial score (nSPS) is 34.1. The van der Waals surface area contributed by atoms with Crippen LogP contribution in [0.4, 0.5) is 4.79 Å². The maximum Gasteiger partial charge on any atom is 0.331 e. The van der Waals surface area contributed by atoms with Crippen LogP contribution in [0.15, 0.2) is 0 Å². The average molecular weight is 210 g/mol. The summed E-state index contributed by atoms with van der Waals surface area (Å²) < 4.78 is 0. The number of hydrogen-bond donors (Lipinski definition) is 1. The summed E-state index contributed by atoms with van der Waals surface area (Å²) in [7, 11) is 0. The lowest BCUT2D eigenvalue weighted by molar-refractivity contribution is -0.149. The van der Waals surface area contributed by atoms with Crippen LogP contribution in [0, 0.1) is 11.3 Å². The molecule has 0 bridgehead atoms. The highest BCUT2D eigenvalue weighted by molar-refractivity contribution is 6.18. The van der Waals surface area contributed by atoms with Crippen molar-refractivity contribution >= 4 is 17.8 Å². The number of imide groups is 2. The third-order valence-electron chi connectivity index (χ3n) is 3.16. The molecule has 0 aromatic rings. The monoisotopic (exact) mass is 210 g/mol. The van der Waals surface area contributed by atoms with E-state index in [1.807, 2.05) is 6.92 Å². The quantitative estimate of drug-likeness (QED) is 0.641. The van der Waals surface area contributed by atoms with E-state index in [-0.39, 0.29) is 11.9 Å². The standard InChI is InChI=1S/C10H14N2O3/c1-5-4-6(5)12-8(14)10(2,3)7(13)11-9(12)15/h5-6H,4H2,1-3H3,(H,11,13,15). The van der Waals surface area contributed by atoms with E-state index in [0.29, 0.717) is 5.92 Å². The first-order valence-electron chi connectivity index (χ1n) is 5.04. The van der Waals surface area contributed by atoms with E-state index in [0.717, 1.165) is 6.42 Å². The van der Waals surface area contributed by atoms with Gasteiger partial charge in [0.2, 0.25) is 11.8 Å². The molecule has 15 heavy (non-hydrogen) atoms. The summed E-state index contributed by atoms with van der Waals surface area (Å²) in [5.74, 6) is -0.545. The fourth-order valence-corrected chi connectivity index (χ4v) is 1.77. The Morgan fingerprint density at radius 1 is 1.33 bits per heavy atom. The van der Waals surface area contributed by atoms with Crippen molar-refractivity contribution in [1.29, 1.82) is 0 Å². The number of nitrogens with one attached hydrogen (secondary N) is 1. The van der Waals surface area contributed by atoms with Crippen molar-refractivity contribution < 1.29 is 14.4 Å². The molecule has 0 spiro atoms. The van der Waals surface area contributed by atoms with Crippen LogP contribution in [0.25, 0.3) is 0 Å². The molecule has 0 radical (unpaired) electrons. The summed E-state index contributed by atoms with van der Waals surface area (Å²) in [6, 6.07) is -0.594. The first-order chi connectivity index (χ1) is 6.85. The van der Waals surface area contributed by atoms with Crippen LogP contribution in [0.2, 0.25) is 0 Å². The molecular formula is C10H14N2O3. The van der Waals surface area contributed by atoms with Crippen molar-refractivity contribution in [3.8, 4) is 0 Å². The van der Waals surface area contributed by atoms with Gasteiger partial charge in [-0.25, -0.2) is 4.79 Å². The zero-order valence-electron chi connectivity index (χ0n) is 9.03. The number of rotatable bonds is 1. The first kappa shape index (κ1) is 10.1. The number of nitrogens with zero attached hydrogens (tertiary/aromatic N) is 1. The van der Waals surface area contributed by atoms with E-state index in [1.165, 1.54) is 18.7 Å². The summed E-state index contributed by atoms with van der Waals surface area (Å²) in [5.41, 5.74) is -1.13. The third kappa shape index (κ3) is 1.33. The number of urea groups is 1. The summed E-state index contributed by atoms with van der Waals surface area (Å²) in [6.45, 7) is 5.06. The Kier molecular flexibility index (Phi) is 1.90. The molecule has 2 fully saturated rings. The van der Waals surface area contributed by atoms with Gasteiger partial charge in [0.15, 0.2) is 0 Å². The fourth-order valence-electron chi connectivity index (χ4n) is 1.77. The first-order valence-corrected chi connectivity index (χ1v) is 5.04. The van der Waals surface area contributed by atoms with Gasteiger partial charge in [-0.15, -0.1) is 0 Å². The topological polar surface area (TPSA) is 66.5 Å². The van der Waals surface area contributed by atoms with Gasteiger partial charge in [0.25, 0.3) is 0 Å². The van der Waals surface area contributed by atoms with Gasteiger partial charge in [-0.3, -0.25) is 19.8 Å². The molecule has 2 unspecified atom stereocenters. The molecule has 2 rings (SSSR count). The number of carbonyl (C=O) groups excluding carboxylic acids is 3. The molecule has 4 amide bonds. The maximum atomic E-state index is 11.9. The average Bonchev–Trinajstić information content (AvgIpc) is 2.80. The van der Waals surface area contributed by atoms with Crippen LogP contribution >= 0.6 is 0 Å². The molecular weight excluding hydrogens is 196 g/mol. The Bertz CT molecular complexity index is 362. The minimum atomic E-state index is -1.13. The Balaban J connectivity index is 2.28. The Morgan fingerprint density at radius 2 is 1.87 bits per heavy atom. The summed E-state index contributed by atoms with van der Waals surface area (Å²) >= 11 is 0. The second-order valence-electron chi connectivity index (χ2n) is 4.84. The maximum absolute atomic E-state index is 11.9. The molecule has 1 aliphatic carbocycles. The summed E-state index contributed by atoms with van der Waals surface area (Å²) in [5, 5.41) is 2.22. The Hall–Kier alpha value is -1.39. The van der Waals surface area contributed by atoms with Crippen LogP contribution in [-0.4, -0.2) is 28.8 Å². The number of carbonyl (C=O) groups is 3. The zero-order valence-corrected chi connectivity index (χ0v) is 9.03. The number of barbiturate groups is 1. The molecule has 2 aliphatic rings. The van der Waals surface area contributed by atoms with Crippen LogP contribution in [0.3, 0.4) is 0 Å². The minimum absolute atomic E-state index is 0.0233. The molecule has 5 heteroatoms. The van der Waals surface area contributed by atoms with E-state index in [9.17, 15) is 14.4 Å². The fraction of sp³-hybridized carbons (Fsp3) is 0.700. The molecule has 1 N–H and O–H groups in total. The molecule has 1 aliphatic heterocycles. The summed E-state index contributed by atoms with van der Waals surface area (Å²) in [4.78, 5) is 36.1. The Morgan fingerprint density at radius 3 is 2.33 bits per heavy atom. The molecule has 1 saturated heterocycles. The lowest BCUT2D eigenvalue weighted by atomic mass is 9.88. The van der Waals surface area contributed by atoms with Gasteiger partial charge in [-0.2, -0.15) is 0 Å². The Labute approximate surface area is 87.8 Å². The highest BCUT2D eigenvalue weighted by Gasteiger charge is 2.53. The van der Waals surface area contributed by atoms with E-state index in [1.54, 1.807) is 0 Å².